The predicted molar refractivity (Wildman–Crippen MR) is 81.1 cm³/mol. The molecule has 1 heterocycles. The smallest absolute Gasteiger partial charge is 0.200 e. The van der Waals surface area contributed by atoms with E-state index >= 15 is 0 Å². The molecule has 0 unspecified atom stereocenters. The Balaban J connectivity index is 2.08. The lowest BCUT2D eigenvalue weighted by Crippen LogP contribution is -2.03. The van der Waals surface area contributed by atoms with E-state index in [1.165, 1.54) is 14.2 Å². The van der Waals surface area contributed by atoms with Crippen molar-refractivity contribution in [2.24, 2.45) is 0 Å². The van der Waals surface area contributed by atoms with Gasteiger partial charge in [0.15, 0.2) is 11.5 Å². The van der Waals surface area contributed by atoms with Crippen LogP contribution in [0.5, 0.6) is 17.2 Å². The topological polar surface area (TPSA) is 68.5 Å². The first kappa shape index (κ1) is 15.0. The van der Waals surface area contributed by atoms with E-state index in [2.05, 4.69) is 17.3 Å². The minimum Gasteiger partial charge on any atom is -0.502 e. The summed E-state index contributed by atoms with van der Waals surface area (Å²) in [6.45, 7) is 3.59. The number of hydrogen-bond acceptors (Lipinski definition) is 5. The lowest BCUT2D eigenvalue weighted by Gasteiger charge is -2.11. The van der Waals surface area contributed by atoms with Crippen molar-refractivity contribution in [1.29, 1.82) is 0 Å². The molecule has 0 aliphatic heterocycles. The highest BCUT2D eigenvalue weighted by molar-refractivity contribution is 5.53. The average molecular weight is 291 g/mol. The maximum absolute atomic E-state index is 9.87. The molecule has 2 N–H and O–H groups in total. The van der Waals surface area contributed by atoms with Crippen LogP contribution in [0.1, 0.15) is 18.9 Å². The maximum atomic E-state index is 9.87. The second-order valence-electron chi connectivity index (χ2n) is 4.67. The Hall–Kier alpha value is -2.37. The van der Waals surface area contributed by atoms with Crippen molar-refractivity contribution in [2.45, 2.75) is 26.4 Å². The van der Waals surface area contributed by atoms with Crippen LogP contribution < -0.4 is 14.8 Å². The summed E-state index contributed by atoms with van der Waals surface area (Å²) in [5.41, 5.74) is 0.937. The van der Waals surface area contributed by atoms with Gasteiger partial charge in [0.05, 0.1) is 14.2 Å². The van der Waals surface area contributed by atoms with Gasteiger partial charge >= 0.3 is 0 Å². The van der Waals surface area contributed by atoms with Crippen molar-refractivity contribution in [3.8, 4) is 17.2 Å². The third-order valence-corrected chi connectivity index (χ3v) is 3.11. The average Bonchev–Trinajstić information content (AvgIpc) is 2.94. The van der Waals surface area contributed by atoms with Crippen LogP contribution in [0.25, 0.3) is 0 Å². The molecule has 0 saturated heterocycles. The molecule has 0 saturated carbocycles. The summed E-state index contributed by atoms with van der Waals surface area (Å²) >= 11 is 0. The van der Waals surface area contributed by atoms with E-state index < -0.39 is 0 Å². The summed E-state index contributed by atoms with van der Waals surface area (Å²) in [6.07, 6.45) is 3.00. The Bertz CT molecular complexity index is 571. The van der Waals surface area contributed by atoms with Gasteiger partial charge in [-0.25, -0.2) is 0 Å². The zero-order valence-corrected chi connectivity index (χ0v) is 12.6. The second kappa shape index (κ2) is 6.88. The molecule has 0 bridgehead atoms. The number of methoxy groups -OCH3 is 2. The number of aryl methyl sites for hydroxylation is 1. The van der Waals surface area contributed by atoms with Crippen LogP contribution in [0.4, 0.5) is 5.82 Å². The Kier molecular flexibility index (Phi) is 4.92. The van der Waals surface area contributed by atoms with E-state index in [0.29, 0.717) is 18.0 Å². The molecular formula is C15H21N3O3. The molecule has 0 spiro atoms. The molecule has 6 heteroatoms. The van der Waals surface area contributed by atoms with Crippen LogP contribution in [-0.2, 0) is 13.1 Å². The van der Waals surface area contributed by atoms with Crippen molar-refractivity contribution in [3.63, 3.8) is 0 Å². The number of nitrogens with zero attached hydrogens (tertiary/aromatic N) is 2. The summed E-state index contributed by atoms with van der Waals surface area (Å²) in [5.74, 6) is 1.61. The first-order valence-electron chi connectivity index (χ1n) is 6.89. The number of anilines is 1. The molecule has 6 nitrogen and oxygen atoms in total. The van der Waals surface area contributed by atoms with E-state index in [4.69, 9.17) is 9.47 Å². The Morgan fingerprint density at radius 3 is 2.48 bits per heavy atom. The fourth-order valence-corrected chi connectivity index (χ4v) is 2.05. The molecule has 0 fully saturated rings. The number of aromatic nitrogens is 2. The van der Waals surface area contributed by atoms with Crippen LogP contribution in [0, 0.1) is 0 Å². The summed E-state index contributed by atoms with van der Waals surface area (Å²) in [5, 5.41) is 17.5. The molecule has 2 rings (SSSR count). The van der Waals surface area contributed by atoms with E-state index in [0.717, 1.165) is 24.3 Å². The van der Waals surface area contributed by atoms with Crippen molar-refractivity contribution in [2.75, 3.05) is 19.5 Å². The van der Waals surface area contributed by atoms with Gasteiger partial charge in [-0.05, 0) is 24.1 Å². The van der Waals surface area contributed by atoms with Crippen molar-refractivity contribution < 1.29 is 14.6 Å². The fraction of sp³-hybridized carbons (Fsp3) is 0.400. The number of rotatable bonds is 7. The molecule has 0 aliphatic rings. The lowest BCUT2D eigenvalue weighted by molar-refractivity contribution is 0.339. The van der Waals surface area contributed by atoms with Crippen LogP contribution in [0.3, 0.4) is 0 Å². The first-order chi connectivity index (χ1) is 10.2. The lowest BCUT2D eigenvalue weighted by atomic mass is 10.2. The second-order valence-corrected chi connectivity index (χ2v) is 4.67. The number of aromatic hydroxyl groups is 1. The molecule has 0 atom stereocenters. The summed E-state index contributed by atoms with van der Waals surface area (Å²) in [6, 6.07) is 5.48. The maximum Gasteiger partial charge on any atom is 0.200 e. The molecule has 2 aromatic rings. The Morgan fingerprint density at radius 2 is 1.90 bits per heavy atom. The highest BCUT2D eigenvalue weighted by Gasteiger charge is 2.11. The number of phenolic OH excluding ortho intramolecular Hbond substituents is 1. The molecule has 1 aromatic carbocycles. The third-order valence-electron chi connectivity index (χ3n) is 3.11. The molecule has 0 amide bonds. The minimum absolute atomic E-state index is 0.0102. The van der Waals surface area contributed by atoms with Gasteiger partial charge in [-0.15, -0.1) is 0 Å². The molecule has 0 radical (unpaired) electrons. The monoisotopic (exact) mass is 291 g/mol. The number of nitrogens with one attached hydrogen (secondary N) is 1. The largest absolute Gasteiger partial charge is 0.502 e. The number of phenols is 1. The summed E-state index contributed by atoms with van der Waals surface area (Å²) < 4.78 is 12.2. The van der Waals surface area contributed by atoms with Crippen molar-refractivity contribution >= 4 is 5.82 Å². The van der Waals surface area contributed by atoms with E-state index in [9.17, 15) is 5.11 Å². The minimum atomic E-state index is 0.0102. The van der Waals surface area contributed by atoms with Gasteiger partial charge in [0.2, 0.25) is 5.75 Å². The summed E-state index contributed by atoms with van der Waals surface area (Å²) in [7, 11) is 3.02. The number of benzene rings is 1. The van der Waals surface area contributed by atoms with E-state index in [1.54, 1.807) is 12.1 Å². The van der Waals surface area contributed by atoms with Gasteiger partial charge < -0.3 is 19.9 Å². The molecule has 0 aliphatic carbocycles. The number of ether oxygens (including phenoxy) is 2. The quantitative estimate of drug-likeness (QED) is 0.820. The third kappa shape index (κ3) is 3.59. The highest BCUT2D eigenvalue weighted by Crippen LogP contribution is 2.37. The first-order valence-corrected chi connectivity index (χ1v) is 6.89. The molecule has 1 aromatic heterocycles. The molecular weight excluding hydrogens is 270 g/mol. The van der Waals surface area contributed by atoms with Gasteiger partial charge in [0, 0.05) is 25.4 Å². The van der Waals surface area contributed by atoms with Crippen LogP contribution in [0.2, 0.25) is 0 Å². The number of hydrogen-bond donors (Lipinski definition) is 2. The van der Waals surface area contributed by atoms with Gasteiger partial charge in [-0.3, -0.25) is 4.68 Å². The Morgan fingerprint density at radius 1 is 1.24 bits per heavy atom. The van der Waals surface area contributed by atoms with Crippen LogP contribution in [-0.4, -0.2) is 29.1 Å². The fourth-order valence-electron chi connectivity index (χ4n) is 2.05. The van der Waals surface area contributed by atoms with Gasteiger partial charge in [-0.2, -0.15) is 5.10 Å². The predicted octanol–water partition coefficient (Wildman–Crippen LogP) is 2.63. The Labute approximate surface area is 124 Å². The van der Waals surface area contributed by atoms with Crippen molar-refractivity contribution in [1.82, 2.24) is 9.78 Å². The zero-order valence-electron chi connectivity index (χ0n) is 12.6. The SMILES string of the molecule is CCCn1ccc(NCc2cc(OC)c(O)c(OC)c2)n1. The summed E-state index contributed by atoms with van der Waals surface area (Å²) in [4.78, 5) is 0. The molecule has 114 valence electrons. The van der Waals surface area contributed by atoms with Gasteiger partial charge in [-0.1, -0.05) is 6.92 Å². The van der Waals surface area contributed by atoms with Crippen LogP contribution in [0.15, 0.2) is 24.4 Å². The van der Waals surface area contributed by atoms with Gasteiger partial charge in [0.1, 0.15) is 5.82 Å². The normalized spacial score (nSPS) is 10.4. The van der Waals surface area contributed by atoms with Crippen molar-refractivity contribution in [3.05, 3.63) is 30.0 Å². The van der Waals surface area contributed by atoms with E-state index in [-0.39, 0.29) is 5.75 Å². The highest BCUT2D eigenvalue weighted by atomic mass is 16.5. The standard InChI is InChI=1S/C15H21N3O3/c1-4-6-18-7-5-14(17-18)16-10-11-8-12(20-2)15(19)13(9-11)21-3/h5,7-9,19H,4,6,10H2,1-3H3,(H,16,17). The van der Waals surface area contributed by atoms with Crippen LogP contribution >= 0.6 is 0 Å². The molecule has 21 heavy (non-hydrogen) atoms. The van der Waals surface area contributed by atoms with Gasteiger partial charge in [0.25, 0.3) is 0 Å². The zero-order chi connectivity index (χ0) is 15.2. The van der Waals surface area contributed by atoms with E-state index in [1.807, 2.05) is 16.9 Å².